The van der Waals surface area contributed by atoms with Gasteiger partial charge in [0.2, 0.25) is 0 Å². The first-order chi connectivity index (χ1) is 7.66. The lowest BCUT2D eigenvalue weighted by Crippen LogP contribution is -2.00. The molecule has 0 aliphatic rings. The standard InChI is InChI=1S/C13H13NOS/c1-9(2)11(15)7-8-13-14-10-5-3-4-6-12(10)16-13/h3-6H,1,7-8H2,2H3. The number of benzene rings is 1. The predicted molar refractivity (Wildman–Crippen MR) is 67.8 cm³/mol. The molecule has 0 atom stereocenters. The number of aromatic nitrogens is 1. The first kappa shape index (κ1) is 11.0. The minimum absolute atomic E-state index is 0.124. The molecule has 0 spiro atoms. The van der Waals surface area contributed by atoms with Crippen molar-refractivity contribution in [3.63, 3.8) is 0 Å². The van der Waals surface area contributed by atoms with Crippen LogP contribution in [0.3, 0.4) is 0 Å². The SMILES string of the molecule is C=C(C)C(=O)CCc1nc2ccccc2s1. The average molecular weight is 231 g/mol. The molecule has 3 heteroatoms. The van der Waals surface area contributed by atoms with E-state index in [2.05, 4.69) is 17.6 Å². The molecule has 0 radical (unpaired) electrons. The van der Waals surface area contributed by atoms with Crippen LogP contribution in [0.1, 0.15) is 18.4 Å². The van der Waals surface area contributed by atoms with Crippen LogP contribution in [0.15, 0.2) is 36.4 Å². The number of ketones is 1. The number of thiazole rings is 1. The van der Waals surface area contributed by atoms with Crippen LogP contribution < -0.4 is 0 Å². The molecule has 0 saturated heterocycles. The fraction of sp³-hybridized carbons (Fsp3) is 0.231. The van der Waals surface area contributed by atoms with Gasteiger partial charge in [-0.15, -0.1) is 11.3 Å². The van der Waals surface area contributed by atoms with Gasteiger partial charge in [0, 0.05) is 12.8 Å². The second kappa shape index (κ2) is 4.58. The zero-order valence-corrected chi connectivity index (χ0v) is 10.0. The first-order valence-corrected chi connectivity index (χ1v) is 6.01. The summed E-state index contributed by atoms with van der Waals surface area (Å²) in [5.41, 5.74) is 1.64. The highest BCUT2D eigenvalue weighted by molar-refractivity contribution is 7.18. The molecule has 0 saturated carbocycles. The summed E-state index contributed by atoms with van der Waals surface area (Å²) < 4.78 is 1.18. The fourth-order valence-corrected chi connectivity index (χ4v) is 2.43. The second-order valence-corrected chi connectivity index (χ2v) is 4.89. The molecule has 0 bridgehead atoms. The number of para-hydroxylation sites is 1. The van der Waals surface area contributed by atoms with E-state index >= 15 is 0 Å². The van der Waals surface area contributed by atoms with Crippen molar-refractivity contribution in [1.82, 2.24) is 4.98 Å². The third-order valence-electron chi connectivity index (χ3n) is 2.38. The van der Waals surface area contributed by atoms with Gasteiger partial charge in [-0.1, -0.05) is 18.7 Å². The average Bonchev–Trinajstić information content (AvgIpc) is 2.68. The van der Waals surface area contributed by atoms with E-state index in [-0.39, 0.29) is 5.78 Å². The molecular formula is C13H13NOS. The Bertz CT molecular complexity index is 509. The van der Waals surface area contributed by atoms with Crippen LogP contribution in [-0.4, -0.2) is 10.8 Å². The number of allylic oxidation sites excluding steroid dienone is 1. The summed E-state index contributed by atoms with van der Waals surface area (Å²) in [4.78, 5) is 15.9. The maximum Gasteiger partial charge on any atom is 0.158 e. The molecule has 2 rings (SSSR count). The molecule has 2 nitrogen and oxygen atoms in total. The molecule has 2 aromatic rings. The van der Waals surface area contributed by atoms with Gasteiger partial charge in [-0.05, 0) is 24.6 Å². The van der Waals surface area contributed by atoms with E-state index in [1.807, 2.05) is 18.2 Å². The van der Waals surface area contributed by atoms with E-state index in [4.69, 9.17) is 0 Å². The number of Topliss-reactive ketones (excluding diaryl/α,β-unsaturated/α-hetero) is 1. The quantitative estimate of drug-likeness (QED) is 0.755. The maximum absolute atomic E-state index is 11.4. The van der Waals surface area contributed by atoms with Crippen molar-refractivity contribution in [3.8, 4) is 0 Å². The monoisotopic (exact) mass is 231 g/mol. The second-order valence-electron chi connectivity index (χ2n) is 3.78. The van der Waals surface area contributed by atoms with Crippen molar-refractivity contribution in [1.29, 1.82) is 0 Å². The lowest BCUT2D eigenvalue weighted by atomic mass is 10.1. The molecule has 1 aromatic heterocycles. The number of rotatable bonds is 4. The van der Waals surface area contributed by atoms with Gasteiger partial charge in [0.05, 0.1) is 15.2 Å². The summed E-state index contributed by atoms with van der Waals surface area (Å²) in [6.45, 7) is 5.39. The molecule has 0 aliphatic heterocycles. The Morgan fingerprint density at radius 2 is 2.19 bits per heavy atom. The van der Waals surface area contributed by atoms with Crippen molar-refractivity contribution >= 4 is 27.3 Å². The molecule has 82 valence electrons. The lowest BCUT2D eigenvalue weighted by molar-refractivity contribution is -0.115. The molecular weight excluding hydrogens is 218 g/mol. The van der Waals surface area contributed by atoms with Crippen LogP contribution in [0.2, 0.25) is 0 Å². The van der Waals surface area contributed by atoms with Crippen LogP contribution >= 0.6 is 11.3 Å². The highest BCUT2D eigenvalue weighted by Crippen LogP contribution is 2.22. The smallest absolute Gasteiger partial charge is 0.158 e. The molecule has 0 aliphatic carbocycles. The van der Waals surface area contributed by atoms with Crippen molar-refractivity contribution in [2.45, 2.75) is 19.8 Å². The summed E-state index contributed by atoms with van der Waals surface area (Å²) in [7, 11) is 0. The Morgan fingerprint density at radius 3 is 2.88 bits per heavy atom. The Labute approximate surface area is 98.6 Å². The normalized spacial score (nSPS) is 10.6. The number of hydrogen-bond acceptors (Lipinski definition) is 3. The molecule has 0 N–H and O–H groups in total. The third-order valence-corrected chi connectivity index (χ3v) is 3.48. The van der Waals surface area contributed by atoms with Crippen LogP contribution in [0, 0.1) is 0 Å². The number of nitrogens with zero attached hydrogens (tertiary/aromatic N) is 1. The van der Waals surface area contributed by atoms with E-state index in [9.17, 15) is 4.79 Å². The third kappa shape index (κ3) is 2.36. The van der Waals surface area contributed by atoms with Gasteiger partial charge in [0.1, 0.15) is 0 Å². The number of aryl methyl sites for hydroxylation is 1. The minimum atomic E-state index is 0.124. The minimum Gasteiger partial charge on any atom is -0.295 e. The summed E-state index contributed by atoms with van der Waals surface area (Å²) >= 11 is 1.66. The summed E-state index contributed by atoms with van der Waals surface area (Å²) in [6.07, 6.45) is 1.22. The van der Waals surface area contributed by atoms with Crippen molar-refractivity contribution in [2.24, 2.45) is 0 Å². The number of hydrogen-bond donors (Lipinski definition) is 0. The zero-order valence-electron chi connectivity index (χ0n) is 9.19. The first-order valence-electron chi connectivity index (χ1n) is 5.20. The fourth-order valence-electron chi connectivity index (χ4n) is 1.46. The van der Waals surface area contributed by atoms with E-state index < -0.39 is 0 Å². The Hall–Kier alpha value is -1.48. The van der Waals surface area contributed by atoms with Crippen LogP contribution in [0.4, 0.5) is 0 Å². The zero-order chi connectivity index (χ0) is 11.5. The van der Waals surface area contributed by atoms with Gasteiger partial charge in [-0.25, -0.2) is 4.98 Å². The molecule has 0 fully saturated rings. The molecule has 1 heterocycles. The lowest BCUT2D eigenvalue weighted by Gasteiger charge is -1.95. The maximum atomic E-state index is 11.4. The van der Waals surface area contributed by atoms with Crippen molar-refractivity contribution in [2.75, 3.05) is 0 Å². The number of carbonyl (C=O) groups is 1. The molecule has 1 aromatic carbocycles. The number of carbonyl (C=O) groups excluding carboxylic acids is 1. The van der Waals surface area contributed by atoms with Gasteiger partial charge in [0.15, 0.2) is 5.78 Å². The molecule has 0 amide bonds. The van der Waals surface area contributed by atoms with E-state index in [1.54, 1.807) is 18.3 Å². The van der Waals surface area contributed by atoms with E-state index in [0.29, 0.717) is 18.4 Å². The predicted octanol–water partition coefficient (Wildman–Crippen LogP) is 3.37. The van der Waals surface area contributed by atoms with E-state index in [1.165, 1.54) is 4.70 Å². The largest absolute Gasteiger partial charge is 0.295 e. The summed E-state index contributed by atoms with van der Waals surface area (Å²) in [5.74, 6) is 0.124. The van der Waals surface area contributed by atoms with Gasteiger partial charge in [0.25, 0.3) is 0 Å². The van der Waals surface area contributed by atoms with Gasteiger partial charge in [-0.3, -0.25) is 4.79 Å². The van der Waals surface area contributed by atoms with E-state index in [0.717, 1.165) is 10.5 Å². The van der Waals surface area contributed by atoms with Gasteiger partial charge in [-0.2, -0.15) is 0 Å². The number of fused-ring (bicyclic) bond motifs is 1. The summed E-state index contributed by atoms with van der Waals surface area (Å²) in [5, 5.41) is 1.02. The summed E-state index contributed by atoms with van der Waals surface area (Å²) in [6, 6.07) is 8.03. The highest BCUT2D eigenvalue weighted by Gasteiger charge is 2.06. The highest BCUT2D eigenvalue weighted by atomic mass is 32.1. The van der Waals surface area contributed by atoms with Gasteiger partial charge >= 0.3 is 0 Å². The molecule has 16 heavy (non-hydrogen) atoms. The van der Waals surface area contributed by atoms with Crippen molar-refractivity contribution < 1.29 is 4.79 Å². The van der Waals surface area contributed by atoms with Gasteiger partial charge < -0.3 is 0 Å². The molecule has 0 unspecified atom stereocenters. The van der Waals surface area contributed by atoms with Crippen molar-refractivity contribution in [3.05, 3.63) is 41.4 Å². The topological polar surface area (TPSA) is 30.0 Å². The Kier molecular flexibility index (Phi) is 3.15. The van der Waals surface area contributed by atoms with Crippen LogP contribution in [-0.2, 0) is 11.2 Å². The van der Waals surface area contributed by atoms with Crippen LogP contribution in [0.25, 0.3) is 10.2 Å². The Morgan fingerprint density at radius 1 is 1.44 bits per heavy atom. The Balaban J connectivity index is 2.10. The van der Waals surface area contributed by atoms with Crippen LogP contribution in [0.5, 0.6) is 0 Å².